The molecule has 4 aromatic rings. The number of rotatable bonds is 5. The zero-order valence-corrected chi connectivity index (χ0v) is 24.9. The summed E-state index contributed by atoms with van der Waals surface area (Å²) in [4.78, 5) is 37.1. The molecule has 1 aliphatic carbocycles. The van der Waals surface area contributed by atoms with Crippen molar-refractivity contribution in [3.05, 3.63) is 62.3 Å². The van der Waals surface area contributed by atoms with Gasteiger partial charge in [-0.05, 0) is 52.2 Å². The average molecular weight is 602 g/mol. The van der Waals surface area contributed by atoms with Crippen LogP contribution < -0.4 is 15.2 Å². The lowest BCUT2D eigenvalue weighted by atomic mass is 9.74. The Kier molecular flexibility index (Phi) is 7.13. The monoisotopic (exact) mass is 601 g/mol. The predicted octanol–water partition coefficient (Wildman–Crippen LogP) is 4.91. The van der Waals surface area contributed by atoms with E-state index in [1.54, 1.807) is 29.8 Å². The summed E-state index contributed by atoms with van der Waals surface area (Å²) in [7, 11) is 0. The lowest BCUT2D eigenvalue weighted by Crippen LogP contribution is -2.49. The Balaban J connectivity index is 1.15. The smallest absolute Gasteiger partial charge is 0.260 e. The molecule has 1 aromatic carbocycles. The molecule has 2 atom stereocenters. The standard InChI is InChI=1S/C26H28ClN7O2S3/c1-25(2,3)39(36)33-23-22-16(32-14-37-22)10-26(23)6-8-34(9-7-26)18-11-29-19(12-28-18)38-17-5-4-15-20(21(17)27)24(35)31-13-30-15/h4-5,11-14,23,33H,6-10H2,1-3H3,(H,30,31,35)/t23-,39?/m0/s1. The summed E-state index contributed by atoms with van der Waals surface area (Å²) in [5, 5.41) is 1.41. The molecule has 0 amide bonds. The van der Waals surface area contributed by atoms with Crippen molar-refractivity contribution in [2.24, 2.45) is 5.41 Å². The highest BCUT2D eigenvalue weighted by atomic mass is 35.5. The molecule has 204 valence electrons. The minimum Gasteiger partial charge on any atom is -0.598 e. The van der Waals surface area contributed by atoms with Crippen LogP contribution in [0.25, 0.3) is 10.9 Å². The fourth-order valence-electron chi connectivity index (χ4n) is 5.29. The highest BCUT2D eigenvalue weighted by Gasteiger charge is 2.52. The molecule has 1 fully saturated rings. The van der Waals surface area contributed by atoms with E-state index in [-0.39, 0.29) is 21.8 Å². The van der Waals surface area contributed by atoms with Gasteiger partial charge in [0, 0.05) is 39.6 Å². The fraction of sp³-hybridized carbons (Fsp3) is 0.423. The van der Waals surface area contributed by atoms with Crippen molar-refractivity contribution in [3.8, 4) is 0 Å². The van der Waals surface area contributed by atoms with Crippen LogP contribution >= 0.6 is 34.7 Å². The van der Waals surface area contributed by atoms with Crippen LogP contribution in [0.5, 0.6) is 0 Å². The molecule has 9 nitrogen and oxygen atoms in total. The molecular weight excluding hydrogens is 574 g/mol. The Morgan fingerprint density at radius 1 is 1.21 bits per heavy atom. The number of hydrogen-bond acceptors (Lipinski definition) is 10. The Hall–Kier alpha value is -2.22. The van der Waals surface area contributed by atoms with Crippen LogP contribution in [0.4, 0.5) is 5.82 Å². The number of nitrogens with zero attached hydrogens (tertiary/aromatic N) is 5. The summed E-state index contributed by atoms with van der Waals surface area (Å²) >= 11 is 8.40. The number of aromatic amines is 1. The summed E-state index contributed by atoms with van der Waals surface area (Å²) < 4.78 is 16.2. The number of piperidine rings is 1. The predicted molar refractivity (Wildman–Crippen MR) is 157 cm³/mol. The van der Waals surface area contributed by atoms with E-state index in [4.69, 9.17) is 16.6 Å². The number of hydrogen-bond donors (Lipinski definition) is 2. The molecule has 13 heteroatoms. The van der Waals surface area contributed by atoms with Crippen molar-refractivity contribution >= 4 is 62.8 Å². The number of anilines is 1. The van der Waals surface area contributed by atoms with Gasteiger partial charge in [0.05, 0.1) is 51.9 Å². The number of nitrogens with one attached hydrogen (secondary N) is 2. The van der Waals surface area contributed by atoms with Gasteiger partial charge >= 0.3 is 0 Å². The molecule has 1 spiro atoms. The minimum atomic E-state index is -1.16. The summed E-state index contributed by atoms with van der Waals surface area (Å²) in [6, 6.07) is 3.66. The van der Waals surface area contributed by atoms with Crippen molar-refractivity contribution in [1.82, 2.24) is 29.6 Å². The van der Waals surface area contributed by atoms with Gasteiger partial charge in [-0.2, -0.15) is 0 Å². The molecule has 2 N–H and O–H groups in total. The molecule has 1 aliphatic heterocycles. The molecule has 1 unspecified atom stereocenters. The third kappa shape index (κ3) is 5.07. The maximum atomic E-state index is 13.1. The number of H-pyrrole nitrogens is 1. The molecule has 0 saturated carbocycles. The first kappa shape index (κ1) is 27.0. The lowest BCUT2D eigenvalue weighted by Gasteiger charge is -2.43. The van der Waals surface area contributed by atoms with Crippen LogP contribution in [0.15, 0.2) is 51.1 Å². The highest BCUT2D eigenvalue weighted by molar-refractivity contribution is 7.99. The van der Waals surface area contributed by atoms with Gasteiger partial charge in [0.2, 0.25) is 0 Å². The first-order valence-corrected chi connectivity index (χ1v) is 15.9. The van der Waals surface area contributed by atoms with Gasteiger partial charge in [0.1, 0.15) is 15.6 Å². The van der Waals surface area contributed by atoms with Gasteiger partial charge < -0.3 is 14.4 Å². The first-order valence-electron chi connectivity index (χ1n) is 12.7. The van der Waals surface area contributed by atoms with E-state index in [1.807, 2.05) is 32.3 Å². The number of thiazole rings is 1. The lowest BCUT2D eigenvalue weighted by molar-refractivity contribution is 0.176. The van der Waals surface area contributed by atoms with Crippen LogP contribution in [0.3, 0.4) is 0 Å². The number of halogens is 1. The van der Waals surface area contributed by atoms with Gasteiger partial charge in [-0.15, -0.1) is 16.1 Å². The van der Waals surface area contributed by atoms with Crippen LogP contribution in [0, 0.1) is 5.41 Å². The van der Waals surface area contributed by atoms with E-state index >= 15 is 0 Å². The second-order valence-electron chi connectivity index (χ2n) is 10.9. The third-order valence-corrected chi connectivity index (χ3v) is 11.5. The Morgan fingerprint density at radius 2 is 2.00 bits per heavy atom. The second-order valence-corrected chi connectivity index (χ2v) is 15.3. The molecular formula is C26H28ClN7O2S3. The van der Waals surface area contributed by atoms with Crippen molar-refractivity contribution in [2.75, 3.05) is 18.0 Å². The quantitative estimate of drug-likeness (QED) is 0.307. The second kappa shape index (κ2) is 10.3. The highest BCUT2D eigenvalue weighted by Crippen LogP contribution is 2.53. The fourth-order valence-corrected chi connectivity index (χ4v) is 8.42. The molecule has 2 aliphatic rings. The molecule has 0 bridgehead atoms. The summed E-state index contributed by atoms with van der Waals surface area (Å²) in [5.41, 5.74) is 3.31. The van der Waals surface area contributed by atoms with E-state index in [2.05, 4.69) is 29.6 Å². The summed E-state index contributed by atoms with van der Waals surface area (Å²) in [6.07, 6.45) is 7.70. The van der Waals surface area contributed by atoms with Crippen LogP contribution in [-0.2, 0) is 17.8 Å². The molecule has 39 heavy (non-hydrogen) atoms. The minimum absolute atomic E-state index is 0.00437. The van der Waals surface area contributed by atoms with Crippen molar-refractivity contribution in [1.29, 1.82) is 0 Å². The maximum absolute atomic E-state index is 13.1. The Labute approximate surface area is 242 Å². The van der Waals surface area contributed by atoms with E-state index in [0.29, 0.717) is 21.0 Å². The first-order chi connectivity index (χ1) is 18.6. The largest absolute Gasteiger partial charge is 0.598 e. The van der Waals surface area contributed by atoms with Gasteiger partial charge in [-0.3, -0.25) is 4.79 Å². The molecule has 3 aromatic heterocycles. The van der Waals surface area contributed by atoms with Crippen LogP contribution in [-0.4, -0.2) is 47.3 Å². The zero-order valence-electron chi connectivity index (χ0n) is 21.7. The van der Waals surface area contributed by atoms with E-state index in [0.717, 1.165) is 48.8 Å². The van der Waals surface area contributed by atoms with Gasteiger partial charge in [-0.25, -0.2) is 19.9 Å². The number of fused-ring (bicyclic) bond motifs is 2. The van der Waals surface area contributed by atoms with Crippen LogP contribution in [0.2, 0.25) is 5.02 Å². The van der Waals surface area contributed by atoms with Gasteiger partial charge in [0.15, 0.2) is 0 Å². The van der Waals surface area contributed by atoms with Crippen molar-refractivity contribution < 1.29 is 4.55 Å². The topological polar surface area (TPSA) is 123 Å². The summed E-state index contributed by atoms with van der Waals surface area (Å²) in [5.74, 6) is 0.827. The molecule has 1 saturated heterocycles. The van der Waals surface area contributed by atoms with E-state index in [1.165, 1.54) is 23.0 Å². The summed E-state index contributed by atoms with van der Waals surface area (Å²) in [6.45, 7) is 7.67. The molecule has 4 heterocycles. The normalized spacial score (nSPS) is 19.5. The van der Waals surface area contributed by atoms with Crippen LogP contribution in [0.1, 0.15) is 50.2 Å². The Bertz CT molecular complexity index is 1560. The van der Waals surface area contributed by atoms with Crippen molar-refractivity contribution in [2.45, 2.75) is 60.7 Å². The van der Waals surface area contributed by atoms with E-state index < -0.39 is 11.4 Å². The van der Waals surface area contributed by atoms with Gasteiger partial charge in [-0.1, -0.05) is 23.4 Å². The maximum Gasteiger partial charge on any atom is 0.260 e. The SMILES string of the molecule is CC(C)(C)[S+]([O-])N[C@H]1c2scnc2CC12CCN(c1cnc(Sc3ccc4nc[nH]c(=O)c4c3Cl)cn1)CC2. The van der Waals surface area contributed by atoms with Gasteiger partial charge in [0.25, 0.3) is 5.56 Å². The number of aromatic nitrogens is 5. The molecule has 6 rings (SSSR count). The van der Waals surface area contributed by atoms with Crippen molar-refractivity contribution in [3.63, 3.8) is 0 Å². The molecule has 0 radical (unpaired) electrons. The number of benzene rings is 1. The third-order valence-electron chi connectivity index (χ3n) is 7.47. The zero-order chi connectivity index (χ0) is 27.4. The average Bonchev–Trinajstić information content (AvgIpc) is 3.46. The Morgan fingerprint density at radius 3 is 2.72 bits per heavy atom. The van der Waals surface area contributed by atoms with E-state index in [9.17, 15) is 9.35 Å².